The average molecular weight is 405 g/mol. The van der Waals surface area contributed by atoms with Crippen LogP contribution in [0.5, 0.6) is 0 Å². The summed E-state index contributed by atoms with van der Waals surface area (Å²) < 4.78 is 25.1. The predicted octanol–water partition coefficient (Wildman–Crippen LogP) is 0.999. The Morgan fingerprint density at radius 1 is 1.25 bits per heavy atom. The van der Waals surface area contributed by atoms with Gasteiger partial charge in [0.25, 0.3) is 5.91 Å². The number of hydrogen-bond donors (Lipinski definition) is 4. The molecule has 0 saturated heterocycles. The molecule has 4 saturated carbocycles. The zero-order valence-corrected chi connectivity index (χ0v) is 16.3. The fourth-order valence-electron chi connectivity index (χ4n) is 5.82. The number of sulfonamides is 1. The Balaban J connectivity index is 1.52. The molecule has 150 valence electrons. The van der Waals surface area contributed by atoms with Crippen LogP contribution in [0.2, 0.25) is 0 Å². The Bertz CT molecular complexity index is 1050. The molecule has 4 N–H and O–H groups in total. The smallest absolute Gasteiger partial charge is 0.268 e. The van der Waals surface area contributed by atoms with Crippen LogP contribution in [0.25, 0.3) is 11.2 Å². The van der Waals surface area contributed by atoms with E-state index in [1.807, 2.05) is 4.72 Å². The Labute approximate surface area is 162 Å². The number of pyridine rings is 1. The summed E-state index contributed by atoms with van der Waals surface area (Å²) in [4.78, 5) is 24.0. The second kappa shape index (κ2) is 5.90. The highest BCUT2D eigenvalue weighted by Crippen LogP contribution is 2.56. The monoisotopic (exact) mass is 405 g/mol. The molecule has 28 heavy (non-hydrogen) atoms. The number of imidazole rings is 1. The van der Waals surface area contributed by atoms with Gasteiger partial charge in [0.2, 0.25) is 10.0 Å². The number of aliphatic hydroxyl groups is 1. The largest absolute Gasteiger partial charge is 0.390 e. The normalized spacial score (nSPS) is 33.9. The summed E-state index contributed by atoms with van der Waals surface area (Å²) in [5.74, 6) is 0.481. The topological polar surface area (TPSA) is 137 Å². The van der Waals surface area contributed by atoms with E-state index in [-0.39, 0.29) is 11.6 Å². The lowest BCUT2D eigenvalue weighted by Crippen LogP contribution is -2.59. The van der Waals surface area contributed by atoms with Crippen LogP contribution >= 0.6 is 0 Å². The first-order valence-corrected chi connectivity index (χ1v) is 11.4. The number of fused-ring (bicyclic) bond motifs is 1. The molecule has 4 bridgehead atoms. The fourth-order valence-corrected chi connectivity index (χ4v) is 6.26. The molecular formula is C18H23N5O4S. The minimum atomic E-state index is -3.70. The van der Waals surface area contributed by atoms with Crippen molar-refractivity contribution < 1.29 is 18.3 Å². The van der Waals surface area contributed by atoms with Gasteiger partial charge in [-0.25, -0.2) is 23.1 Å². The molecule has 9 nitrogen and oxygen atoms in total. The van der Waals surface area contributed by atoms with Gasteiger partial charge < -0.3 is 15.4 Å². The van der Waals surface area contributed by atoms with Gasteiger partial charge in [-0.2, -0.15) is 0 Å². The molecule has 6 rings (SSSR count). The number of carbonyl (C=O) groups excluding carboxylic acids is 1. The molecule has 2 heterocycles. The maximum atomic E-state index is 12.6. The lowest BCUT2D eigenvalue weighted by atomic mass is 9.52. The Morgan fingerprint density at radius 2 is 1.96 bits per heavy atom. The van der Waals surface area contributed by atoms with Crippen molar-refractivity contribution >= 4 is 32.8 Å². The van der Waals surface area contributed by atoms with Crippen LogP contribution in [0.3, 0.4) is 0 Å². The van der Waals surface area contributed by atoms with E-state index < -0.39 is 21.5 Å². The lowest BCUT2D eigenvalue weighted by Gasteiger charge is -2.58. The number of rotatable bonds is 4. The van der Waals surface area contributed by atoms with Gasteiger partial charge in [0.15, 0.2) is 5.65 Å². The molecule has 0 aromatic carbocycles. The number of hydrogen-bond acceptors (Lipinski definition) is 7. The first-order chi connectivity index (χ1) is 13.2. The number of nitrogens with zero attached hydrogens (tertiary/aromatic N) is 2. The van der Waals surface area contributed by atoms with Crippen LogP contribution in [0, 0.1) is 17.8 Å². The van der Waals surface area contributed by atoms with Crippen molar-refractivity contribution in [2.75, 3.05) is 11.6 Å². The molecule has 4 fully saturated rings. The molecule has 2 aromatic heterocycles. The van der Waals surface area contributed by atoms with Gasteiger partial charge in [0.1, 0.15) is 5.52 Å². The second-order valence-corrected chi connectivity index (χ2v) is 10.5. The zero-order chi connectivity index (χ0) is 19.7. The van der Waals surface area contributed by atoms with E-state index in [0.717, 1.165) is 38.4 Å². The van der Waals surface area contributed by atoms with Gasteiger partial charge in [-0.05, 0) is 49.9 Å². The summed E-state index contributed by atoms with van der Waals surface area (Å²) in [7, 11) is -3.70. The van der Waals surface area contributed by atoms with E-state index >= 15 is 0 Å². The number of nitrogens with one attached hydrogen (secondary N) is 3. The highest BCUT2D eigenvalue weighted by atomic mass is 32.2. The molecule has 0 radical (unpaired) electrons. The summed E-state index contributed by atoms with van der Waals surface area (Å²) in [6, 6.07) is 0.115. The predicted molar refractivity (Wildman–Crippen MR) is 102 cm³/mol. The number of aromatic nitrogens is 3. The molecular weight excluding hydrogens is 382 g/mol. The number of H-pyrrole nitrogens is 1. The van der Waals surface area contributed by atoms with E-state index in [9.17, 15) is 18.3 Å². The van der Waals surface area contributed by atoms with E-state index in [4.69, 9.17) is 0 Å². The third-order valence-electron chi connectivity index (χ3n) is 6.52. The molecule has 1 unspecified atom stereocenters. The summed E-state index contributed by atoms with van der Waals surface area (Å²) in [5.41, 5.74) is 1.13. The van der Waals surface area contributed by atoms with Crippen molar-refractivity contribution in [3.63, 3.8) is 0 Å². The van der Waals surface area contributed by atoms with Crippen molar-refractivity contribution in [1.82, 2.24) is 19.7 Å². The second-order valence-electron chi connectivity index (χ2n) is 8.71. The Morgan fingerprint density at radius 3 is 2.61 bits per heavy atom. The third-order valence-corrected chi connectivity index (χ3v) is 7.08. The molecule has 5 atom stereocenters. The van der Waals surface area contributed by atoms with Crippen LogP contribution in [0.15, 0.2) is 12.5 Å². The Kier molecular flexibility index (Phi) is 3.76. The minimum absolute atomic E-state index is 0.115. The number of carbonyl (C=O) groups is 1. The van der Waals surface area contributed by atoms with Crippen molar-refractivity contribution in [2.45, 2.75) is 43.7 Å². The van der Waals surface area contributed by atoms with Crippen LogP contribution in [0.1, 0.15) is 42.5 Å². The molecule has 4 aliphatic rings. The SMILES string of the molecule is CS(=O)(=O)NC(=O)c1cnc2[nH]cnc2c1N[C@H]1[C@@H]2CC3C[C@H]1C[C@@](O)(C3)C2. The van der Waals surface area contributed by atoms with E-state index in [1.54, 1.807) is 0 Å². The van der Waals surface area contributed by atoms with Gasteiger partial charge in [0.05, 0.1) is 29.4 Å². The van der Waals surface area contributed by atoms with Crippen LogP contribution in [-0.2, 0) is 10.0 Å². The average Bonchev–Trinajstić information content (AvgIpc) is 3.03. The number of aromatic amines is 1. The van der Waals surface area contributed by atoms with Crippen molar-refractivity contribution in [1.29, 1.82) is 0 Å². The van der Waals surface area contributed by atoms with Crippen molar-refractivity contribution in [3.05, 3.63) is 18.1 Å². The van der Waals surface area contributed by atoms with Gasteiger partial charge in [-0.3, -0.25) is 4.79 Å². The lowest BCUT2D eigenvalue weighted by molar-refractivity contribution is -0.129. The standard InChI is InChI=1S/C18H23N5O4S/c1-28(26,27)23-17(24)12-7-19-16-15(20-8-21-16)14(12)22-13-10-2-9-3-11(13)6-18(25,4-9)5-10/h7-11,13,25H,2-6H2,1H3,(H,23,24)(H2,19,20,21,22)/t9?,10-,11+,13+,18-. The number of amides is 1. The van der Waals surface area contributed by atoms with Crippen molar-refractivity contribution in [2.24, 2.45) is 17.8 Å². The molecule has 10 heteroatoms. The van der Waals surface area contributed by atoms with Crippen molar-refractivity contribution in [3.8, 4) is 0 Å². The Hall–Kier alpha value is -2.20. The zero-order valence-electron chi connectivity index (χ0n) is 15.5. The van der Waals surface area contributed by atoms with E-state index in [0.29, 0.717) is 34.6 Å². The first kappa shape index (κ1) is 17.9. The van der Waals surface area contributed by atoms with Crippen LogP contribution in [0.4, 0.5) is 5.69 Å². The number of anilines is 1. The molecule has 0 aliphatic heterocycles. The molecule has 1 amide bonds. The maximum Gasteiger partial charge on any atom is 0.268 e. The summed E-state index contributed by atoms with van der Waals surface area (Å²) in [6.45, 7) is 0. The summed E-state index contributed by atoms with van der Waals surface area (Å²) >= 11 is 0. The van der Waals surface area contributed by atoms with Gasteiger partial charge in [-0.15, -0.1) is 0 Å². The van der Waals surface area contributed by atoms with Gasteiger partial charge in [0, 0.05) is 12.2 Å². The quantitative estimate of drug-likeness (QED) is 0.595. The highest BCUT2D eigenvalue weighted by molar-refractivity contribution is 7.89. The van der Waals surface area contributed by atoms with Crippen LogP contribution < -0.4 is 10.0 Å². The molecule has 2 aromatic rings. The molecule has 4 aliphatic carbocycles. The fraction of sp³-hybridized carbons (Fsp3) is 0.611. The first-order valence-electron chi connectivity index (χ1n) is 9.54. The summed E-state index contributed by atoms with van der Waals surface area (Å²) in [5, 5.41) is 14.3. The van der Waals surface area contributed by atoms with Gasteiger partial charge in [-0.1, -0.05) is 0 Å². The van der Waals surface area contributed by atoms with E-state index in [2.05, 4.69) is 20.3 Å². The maximum absolute atomic E-state index is 12.6. The van der Waals surface area contributed by atoms with Crippen LogP contribution in [-0.4, -0.2) is 52.3 Å². The highest BCUT2D eigenvalue weighted by Gasteiger charge is 2.54. The molecule has 0 spiro atoms. The van der Waals surface area contributed by atoms with E-state index in [1.165, 1.54) is 12.5 Å². The van der Waals surface area contributed by atoms with Gasteiger partial charge >= 0.3 is 0 Å². The summed E-state index contributed by atoms with van der Waals surface area (Å²) in [6.07, 6.45) is 8.36. The minimum Gasteiger partial charge on any atom is -0.390 e. The third kappa shape index (κ3) is 2.95.